The third kappa shape index (κ3) is 4.40. The maximum Gasteiger partial charge on any atom is 0.0865 e. The standard InChI is InChI=1S/C23H28ClN3O/c1-2-28-16-22(18-9-6-10-18)26-20-13-25-21-15-27(12-11-19(21)23(20)24)14-17-7-4-3-5-8-17/h3-5,7-8,13,26H,2,6,9-12,14-16H2,1H3. The van der Waals surface area contributed by atoms with Crippen LogP contribution in [0.3, 0.4) is 0 Å². The largest absolute Gasteiger partial charge is 0.376 e. The van der Waals surface area contributed by atoms with E-state index >= 15 is 0 Å². The number of benzene rings is 1. The molecule has 28 heavy (non-hydrogen) atoms. The van der Waals surface area contributed by atoms with E-state index in [1.54, 1.807) is 0 Å². The van der Waals surface area contributed by atoms with Crippen molar-refractivity contribution in [1.29, 1.82) is 0 Å². The summed E-state index contributed by atoms with van der Waals surface area (Å²) in [5.74, 6) is 0. The van der Waals surface area contributed by atoms with Crippen molar-refractivity contribution < 1.29 is 4.74 Å². The molecule has 2 heterocycles. The van der Waals surface area contributed by atoms with Crippen LogP contribution in [0, 0.1) is 0 Å². The summed E-state index contributed by atoms with van der Waals surface area (Å²) >= 11 is 6.79. The van der Waals surface area contributed by atoms with Gasteiger partial charge >= 0.3 is 0 Å². The molecule has 1 aliphatic carbocycles. The fraction of sp³-hybridized carbons (Fsp3) is 0.435. The molecule has 5 heteroatoms. The fourth-order valence-corrected chi connectivity index (χ4v) is 4.13. The number of hydrogen-bond donors (Lipinski definition) is 1. The molecule has 2 aromatic rings. The van der Waals surface area contributed by atoms with E-state index in [0.717, 1.165) is 55.3 Å². The van der Waals surface area contributed by atoms with Gasteiger partial charge in [0.15, 0.2) is 0 Å². The molecule has 148 valence electrons. The van der Waals surface area contributed by atoms with Crippen LogP contribution in [0.15, 0.2) is 47.8 Å². The SMILES string of the molecule is CCOCC(Nc1cnc2c(c1Cl)CCN(Cc1ccccc1)C2)=C1CCC1. The normalized spacial score (nSPS) is 16.4. The van der Waals surface area contributed by atoms with Crippen LogP contribution < -0.4 is 5.32 Å². The molecule has 0 unspecified atom stereocenters. The number of aromatic nitrogens is 1. The quantitative estimate of drug-likeness (QED) is 0.698. The number of anilines is 1. The highest BCUT2D eigenvalue weighted by Gasteiger charge is 2.23. The van der Waals surface area contributed by atoms with E-state index in [2.05, 4.69) is 40.5 Å². The van der Waals surface area contributed by atoms with E-state index in [9.17, 15) is 0 Å². The van der Waals surface area contributed by atoms with Gasteiger partial charge in [0.2, 0.25) is 0 Å². The van der Waals surface area contributed by atoms with Gasteiger partial charge in [0, 0.05) is 31.9 Å². The molecule has 0 radical (unpaired) electrons. The van der Waals surface area contributed by atoms with Gasteiger partial charge in [0.25, 0.3) is 0 Å². The lowest BCUT2D eigenvalue weighted by Gasteiger charge is -2.29. The summed E-state index contributed by atoms with van der Waals surface area (Å²) in [6.07, 6.45) is 6.39. The Bertz CT molecular complexity index is 844. The molecule has 4 rings (SSSR count). The second-order valence-corrected chi connectivity index (χ2v) is 7.93. The summed E-state index contributed by atoms with van der Waals surface area (Å²) in [5.41, 5.74) is 7.15. The zero-order chi connectivity index (χ0) is 19.3. The Morgan fingerprint density at radius 3 is 2.75 bits per heavy atom. The molecular formula is C23H28ClN3O. The number of nitrogens with zero attached hydrogens (tertiary/aromatic N) is 2. The molecule has 0 spiro atoms. The van der Waals surface area contributed by atoms with Crippen molar-refractivity contribution in [3.63, 3.8) is 0 Å². The average Bonchev–Trinajstić information content (AvgIpc) is 2.67. The zero-order valence-corrected chi connectivity index (χ0v) is 17.3. The average molecular weight is 398 g/mol. The van der Waals surface area contributed by atoms with Gasteiger partial charge in [-0.1, -0.05) is 41.9 Å². The molecule has 1 N–H and O–H groups in total. The van der Waals surface area contributed by atoms with Crippen LogP contribution in [0.1, 0.15) is 43.0 Å². The van der Waals surface area contributed by atoms with E-state index in [-0.39, 0.29) is 0 Å². The first kappa shape index (κ1) is 19.4. The topological polar surface area (TPSA) is 37.4 Å². The Morgan fingerprint density at radius 1 is 1.21 bits per heavy atom. The summed E-state index contributed by atoms with van der Waals surface area (Å²) in [6.45, 7) is 6.15. The maximum absolute atomic E-state index is 6.79. The number of pyridine rings is 1. The van der Waals surface area contributed by atoms with Crippen molar-refractivity contribution in [2.45, 2.75) is 45.7 Å². The van der Waals surface area contributed by atoms with Crippen LogP contribution in [-0.2, 0) is 24.2 Å². The molecule has 0 amide bonds. The lowest BCUT2D eigenvalue weighted by atomic mass is 9.90. The van der Waals surface area contributed by atoms with Crippen LogP contribution in [0.2, 0.25) is 5.02 Å². The van der Waals surface area contributed by atoms with Crippen LogP contribution in [0.4, 0.5) is 5.69 Å². The number of fused-ring (bicyclic) bond motifs is 1. The molecular weight excluding hydrogens is 370 g/mol. The first-order valence-electron chi connectivity index (χ1n) is 10.2. The molecule has 1 aliphatic heterocycles. The first-order valence-corrected chi connectivity index (χ1v) is 10.6. The maximum atomic E-state index is 6.79. The van der Waals surface area contributed by atoms with E-state index in [1.807, 2.05) is 13.1 Å². The monoisotopic (exact) mass is 397 g/mol. The highest BCUT2D eigenvalue weighted by molar-refractivity contribution is 6.34. The van der Waals surface area contributed by atoms with Crippen LogP contribution in [-0.4, -0.2) is 29.6 Å². The van der Waals surface area contributed by atoms with E-state index in [0.29, 0.717) is 13.2 Å². The molecule has 2 aliphatic rings. The summed E-state index contributed by atoms with van der Waals surface area (Å²) < 4.78 is 5.66. The lowest BCUT2D eigenvalue weighted by molar-refractivity contribution is 0.170. The number of hydrogen-bond acceptors (Lipinski definition) is 4. The van der Waals surface area contributed by atoms with Crippen molar-refractivity contribution in [3.05, 3.63) is 69.6 Å². The smallest absolute Gasteiger partial charge is 0.0865 e. The molecule has 1 aromatic heterocycles. The highest BCUT2D eigenvalue weighted by atomic mass is 35.5. The predicted molar refractivity (Wildman–Crippen MR) is 114 cm³/mol. The fourth-order valence-electron chi connectivity index (χ4n) is 3.83. The summed E-state index contributed by atoms with van der Waals surface area (Å²) in [4.78, 5) is 7.19. The third-order valence-corrected chi connectivity index (χ3v) is 6.05. The van der Waals surface area contributed by atoms with Crippen molar-refractivity contribution in [1.82, 2.24) is 9.88 Å². The van der Waals surface area contributed by atoms with Crippen LogP contribution in [0.5, 0.6) is 0 Å². The summed E-state index contributed by atoms with van der Waals surface area (Å²) in [7, 11) is 0. The van der Waals surface area contributed by atoms with E-state index in [1.165, 1.54) is 28.8 Å². The van der Waals surface area contributed by atoms with E-state index < -0.39 is 0 Å². The van der Waals surface area contributed by atoms with Gasteiger partial charge in [-0.05, 0) is 49.3 Å². The number of nitrogens with one attached hydrogen (secondary N) is 1. The highest BCUT2D eigenvalue weighted by Crippen LogP contribution is 2.34. The van der Waals surface area contributed by atoms with Gasteiger partial charge in [0.05, 0.1) is 29.2 Å². The zero-order valence-electron chi connectivity index (χ0n) is 16.5. The number of rotatable bonds is 7. The van der Waals surface area contributed by atoms with E-state index in [4.69, 9.17) is 21.3 Å². The molecule has 1 fully saturated rings. The number of allylic oxidation sites excluding steroid dienone is 1. The third-order valence-electron chi connectivity index (χ3n) is 5.62. The number of ether oxygens (including phenoxy) is 1. The molecule has 4 nitrogen and oxygen atoms in total. The lowest BCUT2D eigenvalue weighted by Crippen LogP contribution is -2.31. The first-order chi connectivity index (χ1) is 13.7. The molecule has 0 bridgehead atoms. The van der Waals surface area contributed by atoms with Gasteiger partial charge in [-0.25, -0.2) is 0 Å². The molecule has 0 atom stereocenters. The molecule has 0 saturated heterocycles. The van der Waals surface area contributed by atoms with Crippen molar-refractivity contribution in [2.24, 2.45) is 0 Å². The minimum Gasteiger partial charge on any atom is -0.376 e. The van der Waals surface area contributed by atoms with Crippen LogP contribution in [0.25, 0.3) is 0 Å². The molecule has 1 aromatic carbocycles. The van der Waals surface area contributed by atoms with Crippen molar-refractivity contribution in [3.8, 4) is 0 Å². The predicted octanol–water partition coefficient (Wildman–Crippen LogP) is 5.18. The Labute approximate surface area is 172 Å². The van der Waals surface area contributed by atoms with Crippen molar-refractivity contribution in [2.75, 3.05) is 25.1 Å². The minimum atomic E-state index is 0.615. The Hall–Kier alpha value is -1.88. The van der Waals surface area contributed by atoms with Gasteiger partial charge in [0.1, 0.15) is 0 Å². The summed E-state index contributed by atoms with van der Waals surface area (Å²) in [5, 5.41) is 4.35. The van der Waals surface area contributed by atoms with Gasteiger partial charge in [-0.2, -0.15) is 0 Å². The van der Waals surface area contributed by atoms with Gasteiger partial charge < -0.3 is 10.1 Å². The Balaban J connectivity index is 1.48. The van der Waals surface area contributed by atoms with Gasteiger partial charge in [-0.3, -0.25) is 9.88 Å². The Morgan fingerprint density at radius 2 is 2.04 bits per heavy atom. The summed E-state index contributed by atoms with van der Waals surface area (Å²) in [6, 6.07) is 10.6. The second-order valence-electron chi connectivity index (χ2n) is 7.56. The molecule has 1 saturated carbocycles. The van der Waals surface area contributed by atoms with Crippen LogP contribution >= 0.6 is 11.6 Å². The van der Waals surface area contributed by atoms with Gasteiger partial charge in [-0.15, -0.1) is 0 Å². The Kier molecular flexibility index (Phi) is 6.30. The number of halogens is 1. The van der Waals surface area contributed by atoms with Crippen molar-refractivity contribution >= 4 is 17.3 Å². The second kappa shape index (κ2) is 9.08. The minimum absolute atomic E-state index is 0.615.